The first-order valence-electron chi connectivity index (χ1n) is 5.43. The van der Waals surface area contributed by atoms with Gasteiger partial charge in [-0.3, -0.25) is 0 Å². The molecule has 1 saturated heterocycles. The average molecular weight is 229 g/mol. The van der Waals surface area contributed by atoms with E-state index in [4.69, 9.17) is 14.2 Å². The SMILES string of the molecule is C=C[C@H](CC1(C)OCCO1)NC(=O)OCC. The molecule has 1 rings (SSSR count). The highest BCUT2D eigenvalue weighted by atomic mass is 16.7. The standard InChI is InChI=1S/C11H19NO4/c1-4-9(12-10(13)14-5-2)8-11(3)15-6-7-16-11/h4,9H,1,5-8H2,2-3H3,(H,12,13)/t9-/m1/s1. The fraction of sp³-hybridized carbons (Fsp3) is 0.727. The molecule has 0 unspecified atom stereocenters. The highest BCUT2D eigenvalue weighted by Gasteiger charge is 2.33. The minimum absolute atomic E-state index is 0.220. The second-order valence-corrected chi connectivity index (χ2v) is 3.74. The lowest BCUT2D eigenvalue weighted by atomic mass is 10.1. The van der Waals surface area contributed by atoms with Gasteiger partial charge in [-0.05, 0) is 13.8 Å². The van der Waals surface area contributed by atoms with Crippen LogP contribution in [0.4, 0.5) is 4.79 Å². The molecule has 1 aliphatic heterocycles. The van der Waals surface area contributed by atoms with Crippen LogP contribution in [0.15, 0.2) is 12.7 Å². The molecule has 0 radical (unpaired) electrons. The highest BCUT2D eigenvalue weighted by Crippen LogP contribution is 2.24. The van der Waals surface area contributed by atoms with Crippen LogP contribution in [0.1, 0.15) is 20.3 Å². The molecule has 1 fully saturated rings. The Hall–Kier alpha value is -1.07. The smallest absolute Gasteiger partial charge is 0.407 e. The van der Waals surface area contributed by atoms with Crippen LogP contribution in [0.3, 0.4) is 0 Å². The second-order valence-electron chi connectivity index (χ2n) is 3.74. The van der Waals surface area contributed by atoms with Crippen molar-refractivity contribution in [2.45, 2.75) is 32.1 Å². The summed E-state index contributed by atoms with van der Waals surface area (Å²) in [5.74, 6) is -0.641. The average Bonchev–Trinajstić information content (AvgIpc) is 2.64. The Kier molecular flexibility index (Phi) is 4.76. The summed E-state index contributed by atoms with van der Waals surface area (Å²) in [4.78, 5) is 11.2. The highest BCUT2D eigenvalue weighted by molar-refractivity contribution is 5.67. The van der Waals surface area contributed by atoms with Crippen molar-refractivity contribution in [3.63, 3.8) is 0 Å². The number of ether oxygens (including phenoxy) is 3. The van der Waals surface area contributed by atoms with Gasteiger partial charge in [0.2, 0.25) is 0 Å². The van der Waals surface area contributed by atoms with Crippen LogP contribution >= 0.6 is 0 Å². The zero-order valence-corrected chi connectivity index (χ0v) is 9.82. The largest absolute Gasteiger partial charge is 0.450 e. The minimum Gasteiger partial charge on any atom is -0.450 e. The van der Waals surface area contributed by atoms with E-state index in [0.29, 0.717) is 26.2 Å². The van der Waals surface area contributed by atoms with Gasteiger partial charge >= 0.3 is 6.09 Å². The first-order chi connectivity index (χ1) is 7.59. The second kappa shape index (κ2) is 5.86. The third-order valence-electron chi connectivity index (χ3n) is 2.35. The van der Waals surface area contributed by atoms with Crippen molar-refractivity contribution in [2.24, 2.45) is 0 Å². The van der Waals surface area contributed by atoms with E-state index in [1.165, 1.54) is 0 Å². The number of hydrogen-bond donors (Lipinski definition) is 1. The van der Waals surface area contributed by atoms with Gasteiger partial charge in [-0.2, -0.15) is 0 Å². The van der Waals surface area contributed by atoms with Gasteiger partial charge in [0.25, 0.3) is 0 Å². The predicted octanol–water partition coefficient (Wildman–Crippen LogP) is 1.44. The zero-order chi connectivity index (χ0) is 12.0. The van der Waals surface area contributed by atoms with Gasteiger partial charge in [0.1, 0.15) is 0 Å². The van der Waals surface area contributed by atoms with Crippen molar-refractivity contribution < 1.29 is 19.0 Å². The van der Waals surface area contributed by atoms with E-state index in [-0.39, 0.29) is 6.04 Å². The van der Waals surface area contributed by atoms with Crippen molar-refractivity contribution in [1.82, 2.24) is 5.32 Å². The Bertz CT molecular complexity index is 248. The molecule has 1 amide bonds. The molecule has 1 aliphatic rings. The van der Waals surface area contributed by atoms with Gasteiger partial charge in [-0.15, -0.1) is 6.58 Å². The third kappa shape index (κ3) is 3.83. The molecule has 0 aromatic rings. The fourth-order valence-corrected chi connectivity index (χ4v) is 1.59. The van der Waals surface area contributed by atoms with Crippen LogP contribution in [0.25, 0.3) is 0 Å². The summed E-state index contributed by atoms with van der Waals surface area (Å²) in [5.41, 5.74) is 0. The maximum Gasteiger partial charge on any atom is 0.407 e. The van der Waals surface area contributed by atoms with Crippen molar-refractivity contribution in [2.75, 3.05) is 19.8 Å². The summed E-state index contributed by atoms with van der Waals surface area (Å²) in [6.45, 7) is 8.79. The van der Waals surface area contributed by atoms with Gasteiger partial charge in [-0.1, -0.05) is 6.08 Å². The Labute approximate surface area is 95.7 Å². The molecule has 0 spiro atoms. The molecule has 5 nitrogen and oxygen atoms in total. The number of nitrogens with one attached hydrogen (secondary N) is 1. The van der Waals surface area contributed by atoms with Crippen LogP contribution in [-0.4, -0.2) is 37.7 Å². The molecular weight excluding hydrogens is 210 g/mol. The van der Waals surface area contributed by atoms with E-state index in [9.17, 15) is 4.79 Å². The molecule has 0 bridgehead atoms. The van der Waals surface area contributed by atoms with Gasteiger partial charge in [0.05, 0.1) is 25.9 Å². The molecule has 1 heterocycles. The molecule has 16 heavy (non-hydrogen) atoms. The number of alkyl carbamates (subject to hydrolysis) is 1. The predicted molar refractivity (Wildman–Crippen MR) is 59.1 cm³/mol. The lowest BCUT2D eigenvalue weighted by Crippen LogP contribution is -2.40. The molecule has 0 aromatic carbocycles. The van der Waals surface area contributed by atoms with E-state index in [2.05, 4.69) is 11.9 Å². The molecule has 1 atom stereocenters. The Morgan fingerprint density at radius 3 is 2.75 bits per heavy atom. The fourth-order valence-electron chi connectivity index (χ4n) is 1.59. The summed E-state index contributed by atoms with van der Waals surface area (Å²) >= 11 is 0. The summed E-state index contributed by atoms with van der Waals surface area (Å²) in [6.07, 6.45) is 1.72. The van der Waals surface area contributed by atoms with Crippen molar-refractivity contribution in [3.8, 4) is 0 Å². The number of carbonyl (C=O) groups excluding carboxylic acids is 1. The van der Waals surface area contributed by atoms with E-state index in [0.717, 1.165) is 0 Å². The molecule has 0 aromatic heterocycles. The maximum atomic E-state index is 11.2. The lowest BCUT2D eigenvalue weighted by Gasteiger charge is -2.26. The normalized spacial score (nSPS) is 20.1. The first kappa shape index (κ1) is 13.0. The Morgan fingerprint density at radius 2 is 2.25 bits per heavy atom. The van der Waals surface area contributed by atoms with Crippen LogP contribution in [0.5, 0.6) is 0 Å². The molecule has 0 aliphatic carbocycles. The van der Waals surface area contributed by atoms with Crippen molar-refractivity contribution in [3.05, 3.63) is 12.7 Å². The topological polar surface area (TPSA) is 56.8 Å². The Balaban J connectivity index is 2.42. The first-order valence-corrected chi connectivity index (χ1v) is 5.43. The quantitative estimate of drug-likeness (QED) is 0.725. The van der Waals surface area contributed by atoms with E-state index >= 15 is 0 Å². The van der Waals surface area contributed by atoms with Gasteiger partial charge < -0.3 is 19.5 Å². The lowest BCUT2D eigenvalue weighted by molar-refractivity contribution is -0.148. The third-order valence-corrected chi connectivity index (χ3v) is 2.35. The summed E-state index contributed by atoms with van der Waals surface area (Å²) < 4.78 is 15.7. The summed E-state index contributed by atoms with van der Waals surface area (Å²) in [7, 11) is 0. The van der Waals surface area contributed by atoms with Crippen molar-refractivity contribution >= 4 is 6.09 Å². The van der Waals surface area contributed by atoms with Gasteiger partial charge in [0.15, 0.2) is 5.79 Å². The van der Waals surface area contributed by atoms with Gasteiger partial charge in [-0.25, -0.2) is 4.79 Å². The minimum atomic E-state index is -0.641. The number of carbonyl (C=O) groups is 1. The van der Waals surface area contributed by atoms with Crippen LogP contribution < -0.4 is 5.32 Å². The number of rotatable bonds is 5. The molecule has 0 saturated carbocycles. The van der Waals surface area contributed by atoms with E-state index < -0.39 is 11.9 Å². The van der Waals surface area contributed by atoms with E-state index in [1.807, 2.05) is 6.92 Å². The zero-order valence-electron chi connectivity index (χ0n) is 9.82. The van der Waals surface area contributed by atoms with Gasteiger partial charge in [0, 0.05) is 6.42 Å². The van der Waals surface area contributed by atoms with Crippen LogP contribution in [0.2, 0.25) is 0 Å². The molecule has 92 valence electrons. The van der Waals surface area contributed by atoms with E-state index in [1.54, 1.807) is 13.0 Å². The number of amides is 1. The molecule has 1 N–H and O–H groups in total. The Morgan fingerprint density at radius 1 is 1.62 bits per heavy atom. The van der Waals surface area contributed by atoms with Crippen LogP contribution in [-0.2, 0) is 14.2 Å². The summed E-state index contributed by atoms with van der Waals surface area (Å²) in [6, 6.07) is -0.220. The molecule has 5 heteroatoms. The van der Waals surface area contributed by atoms with Crippen LogP contribution in [0, 0.1) is 0 Å². The monoisotopic (exact) mass is 229 g/mol. The maximum absolute atomic E-state index is 11.2. The molecular formula is C11H19NO4. The van der Waals surface area contributed by atoms with Crippen molar-refractivity contribution in [1.29, 1.82) is 0 Å². The number of hydrogen-bond acceptors (Lipinski definition) is 4. The summed E-state index contributed by atoms with van der Waals surface area (Å²) in [5, 5.41) is 2.68.